The Labute approximate surface area is 62.4 Å². The molecule has 1 rings (SSSR count). The first-order chi connectivity index (χ1) is 5.07. The van der Waals surface area contributed by atoms with Gasteiger partial charge >= 0.3 is 5.97 Å². The van der Waals surface area contributed by atoms with Crippen molar-refractivity contribution in [1.82, 2.24) is 5.32 Å². The number of alkyl halides is 2. The third-order valence-electron chi connectivity index (χ3n) is 1.77. The lowest BCUT2D eigenvalue weighted by Gasteiger charge is -2.11. The summed E-state index contributed by atoms with van der Waals surface area (Å²) in [6, 6.07) is -0.934. The summed E-state index contributed by atoms with van der Waals surface area (Å²) in [5.41, 5.74) is -1.97. The standard InChI is InChI=1S/C6H9F2NO2/c7-2-6(8)1-4(5(10)11)9-3-6/h4,9H,1-3H2,(H,10,11)/t4-,6-/m0/s1. The van der Waals surface area contributed by atoms with Gasteiger partial charge in [-0.1, -0.05) is 0 Å². The van der Waals surface area contributed by atoms with Crippen molar-refractivity contribution in [2.45, 2.75) is 18.1 Å². The third-order valence-corrected chi connectivity index (χ3v) is 1.77. The van der Waals surface area contributed by atoms with Crippen LogP contribution in [-0.4, -0.2) is 36.0 Å². The van der Waals surface area contributed by atoms with Gasteiger partial charge in [0.1, 0.15) is 12.7 Å². The zero-order valence-electron chi connectivity index (χ0n) is 5.81. The molecule has 3 nitrogen and oxygen atoms in total. The van der Waals surface area contributed by atoms with Gasteiger partial charge in [-0.15, -0.1) is 0 Å². The number of aliphatic carboxylic acids is 1. The maximum atomic E-state index is 13.0. The van der Waals surface area contributed by atoms with Gasteiger partial charge in [0, 0.05) is 13.0 Å². The Kier molecular flexibility index (Phi) is 2.08. The topological polar surface area (TPSA) is 49.3 Å². The largest absolute Gasteiger partial charge is 0.480 e. The fourth-order valence-corrected chi connectivity index (χ4v) is 1.09. The second kappa shape index (κ2) is 2.73. The predicted molar refractivity (Wildman–Crippen MR) is 33.9 cm³/mol. The normalized spacial score (nSPS) is 37.5. The first-order valence-electron chi connectivity index (χ1n) is 3.28. The number of rotatable bonds is 2. The minimum atomic E-state index is -1.97. The average molecular weight is 165 g/mol. The van der Waals surface area contributed by atoms with E-state index < -0.39 is 24.4 Å². The Balaban J connectivity index is 2.53. The van der Waals surface area contributed by atoms with Crippen molar-refractivity contribution in [2.75, 3.05) is 13.2 Å². The smallest absolute Gasteiger partial charge is 0.320 e. The van der Waals surface area contributed by atoms with Crippen LogP contribution in [0, 0.1) is 0 Å². The molecule has 2 atom stereocenters. The molecule has 0 bridgehead atoms. The minimum Gasteiger partial charge on any atom is -0.480 e. The van der Waals surface area contributed by atoms with Gasteiger partial charge < -0.3 is 10.4 Å². The fraction of sp³-hybridized carbons (Fsp3) is 0.833. The predicted octanol–water partition coefficient (Wildman–Crippen LogP) is 0.111. The Bertz CT molecular complexity index is 176. The molecule has 1 fully saturated rings. The molecule has 5 heteroatoms. The van der Waals surface area contributed by atoms with Crippen LogP contribution in [0.2, 0.25) is 0 Å². The van der Waals surface area contributed by atoms with Crippen LogP contribution in [0.4, 0.5) is 8.78 Å². The van der Waals surface area contributed by atoms with E-state index in [0.29, 0.717) is 0 Å². The molecule has 0 aliphatic carbocycles. The number of carboxylic acids is 1. The summed E-state index contributed by atoms with van der Waals surface area (Å²) < 4.78 is 24.9. The molecule has 0 amide bonds. The summed E-state index contributed by atoms with van der Waals surface area (Å²) >= 11 is 0. The van der Waals surface area contributed by atoms with E-state index >= 15 is 0 Å². The molecule has 2 N–H and O–H groups in total. The van der Waals surface area contributed by atoms with Crippen LogP contribution in [0.1, 0.15) is 6.42 Å². The maximum absolute atomic E-state index is 13.0. The van der Waals surface area contributed by atoms with Crippen molar-refractivity contribution in [2.24, 2.45) is 0 Å². The highest BCUT2D eigenvalue weighted by Gasteiger charge is 2.42. The van der Waals surface area contributed by atoms with E-state index in [0.717, 1.165) is 0 Å². The van der Waals surface area contributed by atoms with Gasteiger partial charge in [-0.05, 0) is 0 Å². The van der Waals surface area contributed by atoms with Crippen LogP contribution in [0.3, 0.4) is 0 Å². The van der Waals surface area contributed by atoms with Crippen molar-refractivity contribution in [3.63, 3.8) is 0 Å². The van der Waals surface area contributed by atoms with Crippen molar-refractivity contribution >= 4 is 5.97 Å². The Morgan fingerprint density at radius 1 is 1.82 bits per heavy atom. The lowest BCUT2D eigenvalue weighted by Crippen LogP contribution is -2.30. The summed E-state index contributed by atoms with van der Waals surface area (Å²) in [6.07, 6.45) is -0.279. The molecule has 1 aliphatic rings. The van der Waals surface area contributed by atoms with Crippen molar-refractivity contribution in [3.8, 4) is 0 Å². The second-order valence-corrected chi connectivity index (χ2v) is 2.76. The van der Waals surface area contributed by atoms with Crippen molar-refractivity contribution in [3.05, 3.63) is 0 Å². The monoisotopic (exact) mass is 165 g/mol. The number of hydrogen-bond acceptors (Lipinski definition) is 2. The first kappa shape index (κ1) is 8.39. The Morgan fingerprint density at radius 3 is 2.73 bits per heavy atom. The van der Waals surface area contributed by atoms with Crippen LogP contribution >= 0.6 is 0 Å². The zero-order valence-corrected chi connectivity index (χ0v) is 5.81. The summed E-state index contributed by atoms with van der Waals surface area (Å²) in [4.78, 5) is 10.3. The van der Waals surface area contributed by atoms with E-state index in [9.17, 15) is 13.6 Å². The van der Waals surface area contributed by atoms with E-state index in [2.05, 4.69) is 5.32 Å². The molecule has 0 aromatic heterocycles. The second-order valence-electron chi connectivity index (χ2n) is 2.76. The highest BCUT2D eigenvalue weighted by atomic mass is 19.2. The van der Waals surface area contributed by atoms with E-state index in [4.69, 9.17) is 5.11 Å². The van der Waals surface area contributed by atoms with E-state index in [1.165, 1.54) is 0 Å². The molecule has 64 valence electrons. The fourth-order valence-electron chi connectivity index (χ4n) is 1.09. The molecule has 1 aliphatic heterocycles. The summed E-state index contributed by atoms with van der Waals surface area (Å²) in [6.45, 7) is -1.33. The van der Waals surface area contributed by atoms with E-state index in [1.54, 1.807) is 0 Å². The van der Waals surface area contributed by atoms with Crippen LogP contribution in [-0.2, 0) is 4.79 Å². The molecular weight excluding hydrogens is 156 g/mol. The minimum absolute atomic E-state index is 0.208. The molecule has 1 saturated heterocycles. The van der Waals surface area contributed by atoms with Crippen LogP contribution in [0.15, 0.2) is 0 Å². The summed E-state index contributed by atoms with van der Waals surface area (Å²) in [7, 11) is 0. The van der Waals surface area contributed by atoms with Gasteiger partial charge in [-0.25, -0.2) is 8.78 Å². The molecule has 0 spiro atoms. The SMILES string of the molecule is O=C(O)[C@@H]1C[C@](F)(CF)CN1. The Morgan fingerprint density at radius 2 is 2.45 bits per heavy atom. The quantitative estimate of drug-likeness (QED) is 0.610. The van der Waals surface area contributed by atoms with Crippen molar-refractivity contribution < 1.29 is 18.7 Å². The average Bonchev–Trinajstić information content (AvgIpc) is 2.33. The number of carbonyl (C=O) groups is 1. The first-order valence-corrected chi connectivity index (χ1v) is 3.28. The molecule has 0 unspecified atom stereocenters. The van der Waals surface area contributed by atoms with Crippen LogP contribution in [0.5, 0.6) is 0 Å². The molecule has 0 radical (unpaired) electrons. The molecular formula is C6H9F2NO2. The van der Waals surface area contributed by atoms with Gasteiger partial charge in [0.15, 0.2) is 5.67 Å². The van der Waals surface area contributed by atoms with Gasteiger partial charge in [0.05, 0.1) is 0 Å². The molecule has 0 aromatic rings. The van der Waals surface area contributed by atoms with Gasteiger partial charge in [-0.2, -0.15) is 0 Å². The van der Waals surface area contributed by atoms with Gasteiger partial charge in [0.25, 0.3) is 0 Å². The molecule has 0 aromatic carbocycles. The summed E-state index contributed by atoms with van der Waals surface area (Å²) in [5, 5.41) is 10.8. The van der Waals surface area contributed by atoms with Crippen LogP contribution < -0.4 is 5.32 Å². The van der Waals surface area contributed by atoms with E-state index in [1.807, 2.05) is 0 Å². The highest BCUT2D eigenvalue weighted by molar-refractivity contribution is 5.74. The number of halogens is 2. The van der Waals surface area contributed by atoms with Gasteiger partial charge in [-0.3, -0.25) is 4.79 Å². The summed E-state index contributed by atoms with van der Waals surface area (Å²) in [5.74, 6) is -1.13. The molecule has 11 heavy (non-hydrogen) atoms. The Hall–Kier alpha value is -0.710. The van der Waals surface area contributed by atoms with Crippen LogP contribution in [0.25, 0.3) is 0 Å². The molecule has 0 saturated carbocycles. The number of carboxylic acid groups (broad SMARTS) is 1. The highest BCUT2D eigenvalue weighted by Crippen LogP contribution is 2.24. The lowest BCUT2D eigenvalue weighted by atomic mass is 10.0. The van der Waals surface area contributed by atoms with Crippen molar-refractivity contribution in [1.29, 1.82) is 0 Å². The van der Waals surface area contributed by atoms with E-state index in [-0.39, 0.29) is 13.0 Å². The zero-order chi connectivity index (χ0) is 8.48. The maximum Gasteiger partial charge on any atom is 0.320 e. The number of nitrogens with one attached hydrogen (secondary N) is 1. The molecule has 1 heterocycles. The number of hydrogen-bond donors (Lipinski definition) is 2. The van der Waals surface area contributed by atoms with Gasteiger partial charge in [0.2, 0.25) is 0 Å². The lowest BCUT2D eigenvalue weighted by molar-refractivity contribution is -0.139. The third kappa shape index (κ3) is 1.65.